The summed E-state index contributed by atoms with van der Waals surface area (Å²) >= 11 is 6.25. The van der Waals surface area contributed by atoms with Gasteiger partial charge in [0.15, 0.2) is 0 Å². The summed E-state index contributed by atoms with van der Waals surface area (Å²) in [6, 6.07) is 7.83. The lowest BCUT2D eigenvalue weighted by Crippen LogP contribution is -2.07. The second kappa shape index (κ2) is 6.29. The molecule has 0 bridgehead atoms. The van der Waals surface area contributed by atoms with E-state index in [-0.39, 0.29) is 6.04 Å². The number of hydrogen-bond donors (Lipinski definition) is 1. The SMILES string of the molecule is CCn1nc(C)c(Cl)c1COc1ccc([C@H](C)N)cc1. The molecule has 0 unspecified atom stereocenters. The zero-order chi connectivity index (χ0) is 14.7. The zero-order valence-corrected chi connectivity index (χ0v) is 12.8. The van der Waals surface area contributed by atoms with Crippen LogP contribution < -0.4 is 10.5 Å². The fraction of sp³-hybridized carbons (Fsp3) is 0.400. The molecular formula is C15H20ClN3O. The molecule has 0 amide bonds. The summed E-state index contributed by atoms with van der Waals surface area (Å²) in [6.45, 7) is 7.07. The maximum Gasteiger partial charge on any atom is 0.131 e. The number of nitrogens with zero attached hydrogens (tertiary/aromatic N) is 2. The van der Waals surface area contributed by atoms with E-state index in [0.29, 0.717) is 11.6 Å². The van der Waals surface area contributed by atoms with E-state index in [1.807, 2.05) is 49.7 Å². The number of aryl methyl sites for hydroxylation is 2. The van der Waals surface area contributed by atoms with Crippen LogP contribution in [0.1, 0.15) is 36.8 Å². The van der Waals surface area contributed by atoms with Gasteiger partial charge in [0.25, 0.3) is 0 Å². The quantitative estimate of drug-likeness (QED) is 0.918. The van der Waals surface area contributed by atoms with Crippen molar-refractivity contribution in [1.29, 1.82) is 0 Å². The van der Waals surface area contributed by atoms with Gasteiger partial charge in [-0.05, 0) is 38.5 Å². The summed E-state index contributed by atoms with van der Waals surface area (Å²) < 4.78 is 7.65. The first-order valence-corrected chi connectivity index (χ1v) is 7.10. The Bertz CT molecular complexity index is 576. The van der Waals surface area contributed by atoms with Crippen molar-refractivity contribution in [3.8, 4) is 5.75 Å². The van der Waals surface area contributed by atoms with E-state index >= 15 is 0 Å². The summed E-state index contributed by atoms with van der Waals surface area (Å²) in [6.07, 6.45) is 0. The Balaban J connectivity index is 2.09. The number of benzene rings is 1. The van der Waals surface area contributed by atoms with Crippen LogP contribution in [0.2, 0.25) is 5.02 Å². The first kappa shape index (κ1) is 14.9. The molecule has 5 heteroatoms. The zero-order valence-electron chi connectivity index (χ0n) is 12.1. The van der Waals surface area contributed by atoms with Crippen molar-refractivity contribution >= 4 is 11.6 Å². The van der Waals surface area contributed by atoms with Crippen molar-refractivity contribution in [3.63, 3.8) is 0 Å². The third-order valence-electron chi connectivity index (χ3n) is 3.23. The van der Waals surface area contributed by atoms with E-state index in [2.05, 4.69) is 5.10 Å². The van der Waals surface area contributed by atoms with Crippen LogP contribution >= 0.6 is 11.6 Å². The summed E-state index contributed by atoms with van der Waals surface area (Å²) in [7, 11) is 0. The van der Waals surface area contributed by atoms with Gasteiger partial charge in [0.1, 0.15) is 12.4 Å². The van der Waals surface area contributed by atoms with Crippen LogP contribution in [0.5, 0.6) is 5.75 Å². The number of hydrogen-bond acceptors (Lipinski definition) is 3. The maximum absolute atomic E-state index is 6.25. The lowest BCUT2D eigenvalue weighted by molar-refractivity contribution is 0.292. The third-order valence-corrected chi connectivity index (χ3v) is 3.73. The number of nitrogens with two attached hydrogens (primary N) is 1. The highest BCUT2D eigenvalue weighted by molar-refractivity contribution is 6.31. The molecule has 1 aromatic carbocycles. The number of halogens is 1. The number of ether oxygens (including phenoxy) is 1. The molecular weight excluding hydrogens is 274 g/mol. The molecule has 2 N–H and O–H groups in total. The first-order chi connectivity index (χ1) is 9.52. The van der Waals surface area contributed by atoms with Gasteiger partial charge in [-0.2, -0.15) is 5.10 Å². The fourth-order valence-electron chi connectivity index (χ4n) is 2.03. The molecule has 108 valence electrons. The van der Waals surface area contributed by atoms with E-state index in [4.69, 9.17) is 22.1 Å². The molecule has 1 aromatic heterocycles. The van der Waals surface area contributed by atoms with Gasteiger partial charge in [0.05, 0.1) is 16.4 Å². The minimum absolute atomic E-state index is 0.0302. The molecule has 0 fully saturated rings. The van der Waals surface area contributed by atoms with Gasteiger partial charge in [-0.1, -0.05) is 23.7 Å². The van der Waals surface area contributed by atoms with Crippen LogP contribution in [-0.4, -0.2) is 9.78 Å². The minimum atomic E-state index is 0.0302. The lowest BCUT2D eigenvalue weighted by Gasteiger charge is -2.10. The molecule has 0 saturated carbocycles. The van der Waals surface area contributed by atoms with E-state index in [1.54, 1.807) is 0 Å². The topological polar surface area (TPSA) is 53.1 Å². The number of aromatic nitrogens is 2. The summed E-state index contributed by atoms with van der Waals surface area (Å²) in [5.41, 5.74) is 8.65. The average molecular weight is 294 g/mol. The van der Waals surface area contributed by atoms with Crippen molar-refractivity contribution in [1.82, 2.24) is 9.78 Å². The molecule has 20 heavy (non-hydrogen) atoms. The minimum Gasteiger partial charge on any atom is -0.487 e. The lowest BCUT2D eigenvalue weighted by atomic mass is 10.1. The van der Waals surface area contributed by atoms with Gasteiger partial charge in [0.2, 0.25) is 0 Å². The molecule has 1 heterocycles. The molecule has 0 aliphatic heterocycles. The van der Waals surface area contributed by atoms with E-state index < -0.39 is 0 Å². The predicted octanol–water partition coefficient (Wildman–Crippen LogP) is 3.46. The van der Waals surface area contributed by atoms with Gasteiger partial charge < -0.3 is 10.5 Å². The van der Waals surface area contributed by atoms with Crippen LogP contribution in [0.25, 0.3) is 0 Å². The van der Waals surface area contributed by atoms with E-state index in [0.717, 1.165) is 29.2 Å². The van der Waals surface area contributed by atoms with Crippen LogP contribution in [0.4, 0.5) is 0 Å². The highest BCUT2D eigenvalue weighted by atomic mass is 35.5. The predicted molar refractivity (Wildman–Crippen MR) is 81.0 cm³/mol. The summed E-state index contributed by atoms with van der Waals surface area (Å²) in [5, 5.41) is 5.05. The Morgan fingerprint density at radius 1 is 1.35 bits per heavy atom. The molecule has 0 aliphatic carbocycles. The largest absolute Gasteiger partial charge is 0.487 e. The van der Waals surface area contributed by atoms with E-state index in [1.165, 1.54) is 0 Å². The van der Waals surface area contributed by atoms with Crippen LogP contribution in [0.15, 0.2) is 24.3 Å². The Hall–Kier alpha value is -1.52. The van der Waals surface area contributed by atoms with Crippen molar-refractivity contribution in [2.24, 2.45) is 5.73 Å². The van der Waals surface area contributed by atoms with Crippen molar-refractivity contribution in [2.45, 2.75) is 40.0 Å². The van der Waals surface area contributed by atoms with Gasteiger partial charge in [-0.25, -0.2) is 0 Å². The van der Waals surface area contributed by atoms with Crippen molar-refractivity contribution in [3.05, 3.63) is 46.2 Å². The highest BCUT2D eigenvalue weighted by Crippen LogP contribution is 2.23. The monoisotopic (exact) mass is 293 g/mol. The Morgan fingerprint density at radius 3 is 2.55 bits per heavy atom. The van der Waals surface area contributed by atoms with Crippen molar-refractivity contribution < 1.29 is 4.74 Å². The smallest absolute Gasteiger partial charge is 0.131 e. The highest BCUT2D eigenvalue weighted by Gasteiger charge is 2.13. The van der Waals surface area contributed by atoms with Gasteiger partial charge in [0, 0.05) is 12.6 Å². The molecule has 0 radical (unpaired) electrons. The van der Waals surface area contributed by atoms with Gasteiger partial charge >= 0.3 is 0 Å². The Kier molecular flexibility index (Phi) is 4.68. The molecule has 4 nitrogen and oxygen atoms in total. The van der Waals surface area contributed by atoms with Crippen LogP contribution in [0.3, 0.4) is 0 Å². The number of rotatable bonds is 5. The maximum atomic E-state index is 6.25. The molecule has 0 aliphatic rings. The molecule has 2 rings (SSSR count). The second-order valence-corrected chi connectivity index (χ2v) is 5.19. The first-order valence-electron chi connectivity index (χ1n) is 6.73. The average Bonchev–Trinajstić information content (AvgIpc) is 2.72. The van der Waals surface area contributed by atoms with Crippen LogP contribution in [0, 0.1) is 6.92 Å². The van der Waals surface area contributed by atoms with E-state index in [9.17, 15) is 0 Å². The van der Waals surface area contributed by atoms with Crippen LogP contribution in [-0.2, 0) is 13.2 Å². The summed E-state index contributed by atoms with van der Waals surface area (Å²) in [5.74, 6) is 0.798. The third kappa shape index (κ3) is 3.14. The normalized spacial score (nSPS) is 12.4. The van der Waals surface area contributed by atoms with Gasteiger partial charge in [-0.15, -0.1) is 0 Å². The molecule has 0 saturated heterocycles. The fourth-order valence-corrected chi connectivity index (χ4v) is 2.22. The Morgan fingerprint density at radius 2 is 2.00 bits per heavy atom. The second-order valence-electron chi connectivity index (χ2n) is 4.81. The summed E-state index contributed by atoms with van der Waals surface area (Å²) in [4.78, 5) is 0. The molecule has 1 atom stereocenters. The Labute approximate surface area is 124 Å². The molecule has 0 spiro atoms. The van der Waals surface area contributed by atoms with Crippen molar-refractivity contribution in [2.75, 3.05) is 0 Å². The molecule has 2 aromatic rings. The van der Waals surface area contributed by atoms with Gasteiger partial charge in [-0.3, -0.25) is 4.68 Å². The standard InChI is InChI=1S/C15H20ClN3O/c1-4-19-14(15(16)11(3)18-19)9-20-13-7-5-12(6-8-13)10(2)17/h5-8,10H,4,9,17H2,1-3H3/t10-/m0/s1.